The molecule has 18 heavy (non-hydrogen) atoms. The third kappa shape index (κ3) is 2.41. The van der Waals surface area contributed by atoms with Crippen LogP contribution in [0.3, 0.4) is 0 Å². The Morgan fingerprint density at radius 1 is 1.61 bits per heavy atom. The van der Waals surface area contributed by atoms with E-state index in [2.05, 4.69) is 9.97 Å². The number of hydrogen-bond acceptors (Lipinski definition) is 6. The van der Waals surface area contributed by atoms with E-state index in [1.54, 1.807) is 11.8 Å². The number of amides is 1. The zero-order valence-corrected chi connectivity index (χ0v) is 10.6. The van der Waals surface area contributed by atoms with E-state index in [0.29, 0.717) is 17.2 Å². The number of carbonyl (C=O) groups excluding carboxylic acids is 1. The van der Waals surface area contributed by atoms with Crippen LogP contribution in [0, 0.1) is 6.92 Å². The highest BCUT2D eigenvalue weighted by Gasteiger charge is 2.28. The summed E-state index contributed by atoms with van der Waals surface area (Å²) in [6, 6.07) is 0. The standard InChI is InChI=1S/C11H16N4O3/c1-7-9(4-12-11(13-7)14(2)3)10(17)15-5-8(16)6-18-15/h4,8,16H,5-6H2,1-3H3. The highest BCUT2D eigenvalue weighted by atomic mass is 16.7. The molecule has 1 N–H and O–H groups in total. The Kier molecular flexibility index (Phi) is 3.44. The van der Waals surface area contributed by atoms with Gasteiger partial charge in [0.15, 0.2) is 0 Å². The van der Waals surface area contributed by atoms with E-state index in [4.69, 9.17) is 4.84 Å². The van der Waals surface area contributed by atoms with Crippen LogP contribution in [0.15, 0.2) is 6.20 Å². The molecule has 98 valence electrons. The molecule has 7 heteroatoms. The lowest BCUT2D eigenvalue weighted by molar-refractivity contribution is -0.0780. The van der Waals surface area contributed by atoms with Crippen molar-refractivity contribution >= 4 is 11.9 Å². The molecule has 1 aromatic rings. The monoisotopic (exact) mass is 252 g/mol. The molecule has 0 aliphatic carbocycles. The van der Waals surface area contributed by atoms with Gasteiger partial charge in [-0.1, -0.05) is 0 Å². The Hall–Kier alpha value is -1.73. The molecule has 0 saturated carbocycles. The number of anilines is 1. The number of nitrogens with zero attached hydrogens (tertiary/aromatic N) is 4. The number of hydrogen-bond donors (Lipinski definition) is 1. The number of aryl methyl sites for hydroxylation is 1. The second-order valence-corrected chi connectivity index (χ2v) is 4.38. The van der Waals surface area contributed by atoms with Gasteiger partial charge in [-0.3, -0.25) is 9.63 Å². The zero-order chi connectivity index (χ0) is 13.3. The molecule has 1 atom stereocenters. The highest BCUT2D eigenvalue weighted by molar-refractivity contribution is 5.94. The van der Waals surface area contributed by atoms with Gasteiger partial charge in [-0.15, -0.1) is 0 Å². The third-order valence-electron chi connectivity index (χ3n) is 2.62. The summed E-state index contributed by atoms with van der Waals surface area (Å²) in [6.45, 7) is 2.06. The first kappa shape index (κ1) is 12.7. The van der Waals surface area contributed by atoms with Crippen molar-refractivity contribution in [3.05, 3.63) is 17.5 Å². The molecule has 0 aromatic carbocycles. The number of β-amino-alcohol motifs (C(OH)–C–C–N with tert-alkyl or cyclic N) is 1. The smallest absolute Gasteiger partial charge is 0.280 e. The average Bonchev–Trinajstić information content (AvgIpc) is 2.74. The minimum Gasteiger partial charge on any atom is -0.389 e. The van der Waals surface area contributed by atoms with Gasteiger partial charge in [-0.2, -0.15) is 0 Å². The lowest BCUT2D eigenvalue weighted by Crippen LogP contribution is -2.29. The molecule has 0 bridgehead atoms. The van der Waals surface area contributed by atoms with E-state index in [-0.39, 0.29) is 19.1 Å². The van der Waals surface area contributed by atoms with Crippen LogP contribution in [0.5, 0.6) is 0 Å². The number of carbonyl (C=O) groups is 1. The average molecular weight is 252 g/mol. The fourth-order valence-corrected chi connectivity index (χ4v) is 1.63. The summed E-state index contributed by atoms with van der Waals surface area (Å²) in [6.07, 6.45) is 0.852. The Bertz CT molecular complexity index is 464. The second kappa shape index (κ2) is 4.87. The predicted octanol–water partition coefficient (Wildman–Crippen LogP) is -0.401. The van der Waals surface area contributed by atoms with Crippen LogP contribution >= 0.6 is 0 Å². The van der Waals surface area contributed by atoms with E-state index in [0.717, 1.165) is 5.06 Å². The first-order chi connectivity index (χ1) is 8.49. The molecule has 1 saturated heterocycles. The van der Waals surface area contributed by atoms with Crippen molar-refractivity contribution < 1.29 is 14.7 Å². The molecular weight excluding hydrogens is 236 g/mol. The minimum absolute atomic E-state index is 0.140. The van der Waals surface area contributed by atoms with E-state index < -0.39 is 6.10 Å². The lowest BCUT2D eigenvalue weighted by Gasteiger charge is -2.16. The fourth-order valence-electron chi connectivity index (χ4n) is 1.63. The number of rotatable bonds is 2. The summed E-state index contributed by atoms with van der Waals surface area (Å²) in [5.74, 6) is 0.223. The molecule has 1 fully saturated rings. The molecule has 1 aromatic heterocycles. The maximum absolute atomic E-state index is 12.1. The third-order valence-corrected chi connectivity index (χ3v) is 2.62. The maximum Gasteiger partial charge on any atom is 0.280 e. The van der Waals surface area contributed by atoms with Gasteiger partial charge < -0.3 is 10.0 Å². The SMILES string of the molecule is Cc1nc(N(C)C)ncc1C(=O)N1CC(O)CO1. The first-order valence-electron chi connectivity index (χ1n) is 5.63. The highest BCUT2D eigenvalue weighted by Crippen LogP contribution is 2.15. The van der Waals surface area contributed by atoms with Crippen molar-refractivity contribution in [1.29, 1.82) is 0 Å². The van der Waals surface area contributed by atoms with Crippen LogP contribution in [0.25, 0.3) is 0 Å². The van der Waals surface area contributed by atoms with Gasteiger partial charge in [0.25, 0.3) is 5.91 Å². The quantitative estimate of drug-likeness (QED) is 0.771. The molecule has 1 aliphatic rings. The number of aliphatic hydroxyl groups excluding tert-OH is 1. The van der Waals surface area contributed by atoms with Gasteiger partial charge >= 0.3 is 0 Å². The Morgan fingerprint density at radius 3 is 2.83 bits per heavy atom. The van der Waals surface area contributed by atoms with Crippen molar-refractivity contribution in [3.63, 3.8) is 0 Å². The number of aromatic nitrogens is 2. The second-order valence-electron chi connectivity index (χ2n) is 4.38. The van der Waals surface area contributed by atoms with Gasteiger partial charge in [0.1, 0.15) is 12.7 Å². The van der Waals surface area contributed by atoms with Crippen molar-refractivity contribution in [2.24, 2.45) is 0 Å². The van der Waals surface area contributed by atoms with Crippen LogP contribution in [-0.4, -0.2) is 59.4 Å². The van der Waals surface area contributed by atoms with Crippen molar-refractivity contribution in [3.8, 4) is 0 Å². The normalized spacial score (nSPS) is 19.1. The summed E-state index contributed by atoms with van der Waals surface area (Å²) in [7, 11) is 3.66. The molecule has 0 radical (unpaired) electrons. The van der Waals surface area contributed by atoms with Crippen LogP contribution in [0.1, 0.15) is 16.1 Å². The summed E-state index contributed by atoms with van der Waals surface area (Å²) < 4.78 is 0. The van der Waals surface area contributed by atoms with Crippen molar-refractivity contribution in [2.45, 2.75) is 13.0 Å². The minimum atomic E-state index is -0.628. The van der Waals surface area contributed by atoms with Gasteiger partial charge in [0, 0.05) is 20.3 Å². The maximum atomic E-state index is 12.1. The Balaban J connectivity index is 2.21. The largest absolute Gasteiger partial charge is 0.389 e. The van der Waals surface area contributed by atoms with Crippen LogP contribution in [-0.2, 0) is 4.84 Å². The number of hydroxylamine groups is 2. The molecule has 2 heterocycles. The van der Waals surface area contributed by atoms with Crippen LogP contribution < -0.4 is 4.90 Å². The van der Waals surface area contributed by atoms with Crippen LogP contribution in [0.2, 0.25) is 0 Å². The first-order valence-corrected chi connectivity index (χ1v) is 5.63. The Morgan fingerprint density at radius 2 is 2.33 bits per heavy atom. The lowest BCUT2D eigenvalue weighted by atomic mass is 10.2. The zero-order valence-electron chi connectivity index (χ0n) is 10.6. The molecule has 1 amide bonds. The molecular formula is C11H16N4O3. The molecule has 1 aliphatic heterocycles. The summed E-state index contributed by atoms with van der Waals surface area (Å²) >= 11 is 0. The summed E-state index contributed by atoms with van der Waals surface area (Å²) in [4.78, 5) is 27.3. The number of aliphatic hydroxyl groups is 1. The van der Waals surface area contributed by atoms with Gasteiger partial charge in [-0.25, -0.2) is 15.0 Å². The summed E-state index contributed by atoms with van der Waals surface area (Å²) in [5.41, 5.74) is 0.971. The van der Waals surface area contributed by atoms with E-state index >= 15 is 0 Å². The Labute approximate surface area is 105 Å². The van der Waals surface area contributed by atoms with E-state index in [1.165, 1.54) is 6.20 Å². The fraction of sp³-hybridized carbons (Fsp3) is 0.545. The van der Waals surface area contributed by atoms with E-state index in [9.17, 15) is 9.90 Å². The topological polar surface area (TPSA) is 78.8 Å². The van der Waals surface area contributed by atoms with Crippen molar-refractivity contribution in [1.82, 2.24) is 15.0 Å². The molecule has 0 spiro atoms. The van der Waals surface area contributed by atoms with Crippen LogP contribution in [0.4, 0.5) is 5.95 Å². The molecule has 1 unspecified atom stereocenters. The summed E-state index contributed by atoms with van der Waals surface area (Å²) in [5, 5.41) is 10.5. The van der Waals surface area contributed by atoms with Gasteiger partial charge in [0.05, 0.1) is 17.8 Å². The van der Waals surface area contributed by atoms with Crippen molar-refractivity contribution in [2.75, 3.05) is 32.1 Å². The van der Waals surface area contributed by atoms with E-state index in [1.807, 2.05) is 14.1 Å². The van der Waals surface area contributed by atoms with Gasteiger partial charge in [0.2, 0.25) is 5.95 Å². The predicted molar refractivity (Wildman–Crippen MR) is 64.1 cm³/mol. The van der Waals surface area contributed by atoms with Gasteiger partial charge in [-0.05, 0) is 6.92 Å². The molecule has 2 rings (SSSR count). The molecule has 7 nitrogen and oxygen atoms in total.